The lowest BCUT2D eigenvalue weighted by Gasteiger charge is -2.77. The van der Waals surface area contributed by atoms with E-state index in [-0.39, 0.29) is 18.3 Å². The summed E-state index contributed by atoms with van der Waals surface area (Å²) in [5, 5.41) is 2.54. The lowest BCUT2D eigenvalue weighted by Crippen LogP contribution is -2.74. The minimum absolute atomic E-state index is 0.00457. The summed E-state index contributed by atoms with van der Waals surface area (Å²) >= 11 is 1.95. The van der Waals surface area contributed by atoms with Gasteiger partial charge in [0, 0.05) is 15.6 Å². The maximum Gasteiger partial charge on any atom is 0.464 e. The van der Waals surface area contributed by atoms with Crippen molar-refractivity contribution in [3.63, 3.8) is 0 Å². The second kappa shape index (κ2) is 3.84. The van der Waals surface area contributed by atoms with E-state index in [9.17, 15) is 0 Å². The minimum atomic E-state index is -0.197. The van der Waals surface area contributed by atoms with Gasteiger partial charge >= 0.3 is 7.12 Å². The van der Waals surface area contributed by atoms with Gasteiger partial charge in [-0.3, -0.25) is 0 Å². The monoisotopic (exact) mass is 316 g/mol. The van der Waals surface area contributed by atoms with Crippen LogP contribution in [0.15, 0.2) is 17.5 Å². The summed E-state index contributed by atoms with van der Waals surface area (Å²) in [7, 11) is 0.00457. The molecule has 4 saturated carbocycles. The van der Waals surface area contributed by atoms with Gasteiger partial charge in [0.1, 0.15) is 0 Å². The van der Waals surface area contributed by atoms with Crippen LogP contribution in [0.25, 0.3) is 0 Å². The van der Waals surface area contributed by atoms with Gasteiger partial charge in [-0.15, -0.1) is 11.3 Å². The van der Waals surface area contributed by atoms with Gasteiger partial charge in [0.15, 0.2) is 0 Å². The summed E-state index contributed by atoms with van der Waals surface area (Å²) in [4.78, 5) is 1.61. The van der Waals surface area contributed by atoms with Gasteiger partial charge in [-0.2, -0.15) is 0 Å². The van der Waals surface area contributed by atoms with Crippen molar-refractivity contribution in [2.45, 2.75) is 75.3 Å². The summed E-state index contributed by atoms with van der Waals surface area (Å²) in [6.45, 7) is 8.72. The van der Waals surface area contributed by atoms with E-state index in [1.165, 1.54) is 25.7 Å². The summed E-state index contributed by atoms with van der Waals surface area (Å²) in [6.07, 6.45) is 5.38. The van der Waals surface area contributed by atoms with Crippen LogP contribution in [0.5, 0.6) is 0 Å². The van der Waals surface area contributed by atoms with E-state index >= 15 is 0 Å². The third kappa shape index (κ3) is 1.46. The molecule has 6 rings (SSSR count). The van der Waals surface area contributed by atoms with Gasteiger partial charge in [-0.05, 0) is 76.7 Å². The number of rotatable bonds is 3. The Labute approximate surface area is 137 Å². The minimum Gasteiger partial charge on any atom is -0.403 e. The number of thiophene rings is 1. The average molecular weight is 316 g/mol. The summed E-state index contributed by atoms with van der Waals surface area (Å²) < 4.78 is 12.9. The van der Waals surface area contributed by atoms with Gasteiger partial charge in [-0.1, -0.05) is 6.07 Å². The van der Waals surface area contributed by atoms with E-state index in [2.05, 4.69) is 45.2 Å². The third-order valence-corrected chi connectivity index (χ3v) is 8.42. The highest BCUT2D eigenvalue weighted by Crippen LogP contribution is 2.87. The molecule has 2 heterocycles. The van der Waals surface area contributed by atoms with Crippen molar-refractivity contribution in [3.8, 4) is 0 Å². The first-order valence-corrected chi connectivity index (χ1v) is 9.58. The maximum absolute atomic E-state index is 6.46. The zero-order valence-electron chi connectivity index (χ0n) is 14.0. The van der Waals surface area contributed by atoms with E-state index in [4.69, 9.17) is 9.31 Å². The van der Waals surface area contributed by atoms with Crippen molar-refractivity contribution in [3.05, 3.63) is 22.4 Å². The van der Waals surface area contributed by atoms with Crippen LogP contribution >= 0.6 is 11.3 Å². The largest absolute Gasteiger partial charge is 0.464 e. The van der Waals surface area contributed by atoms with Gasteiger partial charge in [-0.25, -0.2) is 0 Å². The summed E-state index contributed by atoms with van der Waals surface area (Å²) in [5.41, 5.74) is 0.0769. The summed E-state index contributed by atoms with van der Waals surface area (Å²) in [5.74, 6) is 1.72. The molecule has 0 radical (unpaired) electrons. The quantitative estimate of drug-likeness (QED) is 0.756. The maximum atomic E-state index is 6.46. The summed E-state index contributed by atoms with van der Waals surface area (Å²) in [6, 6.07) is 4.57. The third-order valence-electron chi connectivity index (χ3n) is 7.33. The molecule has 2 nitrogen and oxygen atoms in total. The molecule has 1 aromatic heterocycles. The van der Waals surface area contributed by atoms with Crippen LogP contribution in [0.1, 0.15) is 58.3 Å². The Morgan fingerprint density at radius 3 is 2.23 bits per heavy atom. The second-order valence-corrected chi connectivity index (χ2v) is 10.1. The number of hydrogen-bond acceptors (Lipinski definition) is 3. The van der Waals surface area contributed by atoms with Crippen LogP contribution in [0.4, 0.5) is 0 Å². The van der Waals surface area contributed by atoms with Crippen molar-refractivity contribution in [2.24, 2.45) is 11.8 Å². The molecule has 0 unspecified atom stereocenters. The van der Waals surface area contributed by atoms with Crippen LogP contribution in [-0.4, -0.2) is 18.3 Å². The van der Waals surface area contributed by atoms with Crippen molar-refractivity contribution >= 4 is 18.5 Å². The standard InChI is InChI=1S/C18H25BO2S/c1-15(2)16(3,4)21-19(20-15)18-10-17(11-18,13-6-5-9-22-13)14(18)12-7-8-12/h5-6,9,12,14H,7-8,10-11H2,1-4H3/t14-,17?,18?/m0/s1. The highest BCUT2D eigenvalue weighted by molar-refractivity contribution is 7.10. The Hall–Kier alpha value is -0.315. The molecule has 0 aromatic carbocycles. The van der Waals surface area contributed by atoms with E-state index < -0.39 is 0 Å². The fourth-order valence-electron chi connectivity index (χ4n) is 5.48. The lowest BCUT2D eigenvalue weighted by atomic mass is 9.18. The van der Waals surface area contributed by atoms with E-state index in [0.717, 1.165) is 11.8 Å². The molecule has 1 aliphatic heterocycles. The molecular formula is C18H25BO2S. The zero-order chi connectivity index (χ0) is 15.4. The second-order valence-electron chi connectivity index (χ2n) is 9.12. The molecule has 0 N–H and O–H groups in total. The van der Waals surface area contributed by atoms with E-state index in [1.807, 2.05) is 11.3 Å². The molecule has 1 aromatic rings. The normalized spacial score (nSPS) is 44.5. The fraction of sp³-hybridized carbons (Fsp3) is 0.778. The van der Waals surface area contributed by atoms with Gasteiger partial charge in [0.25, 0.3) is 0 Å². The average Bonchev–Trinajstić information content (AvgIpc) is 2.92. The predicted octanol–water partition coefficient (Wildman–Crippen LogP) is 4.65. The van der Waals surface area contributed by atoms with Crippen LogP contribution in [-0.2, 0) is 14.7 Å². The van der Waals surface area contributed by atoms with Crippen molar-refractivity contribution < 1.29 is 9.31 Å². The molecule has 5 fully saturated rings. The van der Waals surface area contributed by atoms with Crippen molar-refractivity contribution in [1.29, 1.82) is 0 Å². The molecule has 5 aliphatic rings. The molecule has 1 saturated heterocycles. The molecule has 0 spiro atoms. The predicted molar refractivity (Wildman–Crippen MR) is 90.2 cm³/mol. The molecule has 4 aliphatic carbocycles. The van der Waals surface area contributed by atoms with Gasteiger partial charge in [0.05, 0.1) is 11.2 Å². The van der Waals surface area contributed by atoms with Crippen LogP contribution < -0.4 is 0 Å². The van der Waals surface area contributed by atoms with Crippen molar-refractivity contribution in [2.75, 3.05) is 0 Å². The molecule has 2 bridgehead atoms. The number of hydrogen-bond donors (Lipinski definition) is 0. The highest BCUT2D eigenvalue weighted by atomic mass is 32.1. The lowest BCUT2D eigenvalue weighted by molar-refractivity contribution is -0.133. The van der Waals surface area contributed by atoms with Gasteiger partial charge in [0.2, 0.25) is 0 Å². The first-order chi connectivity index (χ1) is 10.3. The first-order valence-electron chi connectivity index (χ1n) is 8.70. The fourth-order valence-corrected chi connectivity index (χ4v) is 6.45. The van der Waals surface area contributed by atoms with Crippen LogP contribution in [0, 0.1) is 11.8 Å². The Kier molecular flexibility index (Phi) is 2.46. The molecule has 22 heavy (non-hydrogen) atoms. The molecule has 118 valence electrons. The first kappa shape index (κ1) is 14.1. The van der Waals surface area contributed by atoms with E-state index in [1.54, 1.807) is 4.88 Å². The Morgan fingerprint density at radius 2 is 1.73 bits per heavy atom. The molecule has 1 atom stereocenters. The van der Waals surface area contributed by atoms with Crippen LogP contribution in [0.2, 0.25) is 5.31 Å². The van der Waals surface area contributed by atoms with Crippen molar-refractivity contribution in [1.82, 2.24) is 0 Å². The Morgan fingerprint density at radius 1 is 1.09 bits per heavy atom. The topological polar surface area (TPSA) is 18.5 Å². The zero-order valence-corrected chi connectivity index (χ0v) is 14.8. The molecule has 0 amide bonds. The molecular weight excluding hydrogens is 291 g/mol. The SMILES string of the molecule is CC1(C)OB(C23CC(c4cccs4)(C2)[C@@H]3C2CC2)OC1(C)C. The smallest absolute Gasteiger partial charge is 0.403 e. The highest BCUT2D eigenvalue weighted by Gasteiger charge is 2.84. The Balaban J connectivity index is 1.46. The Bertz CT molecular complexity index is 595. The van der Waals surface area contributed by atoms with Crippen LogP contribution in [0.3, 0.4) is 0 Å². The molecule has 4 heteroatoms. The van der Waals surface area contributed by atoms with Gasteiger partial charge < -0.3 is 9.31 Å². The van der Waals surface area contributed by atoms with E-state index in [0.29, 0.717) is 10.7 Å².